The lowest BCUT2D eigenvalue weighted by molar-refractivity contribution is 0.737. The molecule has 2 aromatic heterocycles. The molecule has 0 saturated carbocycles. The maximum atomic E-state index is 5.79. The van der Waals surface area contributed by atoms with Crippen molar-refractivity contribution in [2.24, 2.45) is 5.73 Å². The largest absolute Gasteiger partial charge is 0.324 e. The first-order valence-electron chi connectivity index (χ1n) is 6.33. The average molecular weight is 252 g/mol. The Labute approximate surface area is 111 Å². The predicted octanol–water partition coefficient (Wildman–Crippen LogP) is 2.25. The fourth-order valence-electron chi connectivity index (χ4n) is 2.32. The van der Waals surface area contributed by atoms with Crippen LogP contribution >= 0.6 is 0 Å². The summed E-state index contributed by atoms with van der Waals surface area (Å²) in [6, 6.07) is 12.3. The Balaban J connectivity index is 2.08. The maximum absolute atomic E-state index is 5.79. The van der Waals surface area contributed by atoms with E-state index in [-0.39, 0.29) is 0 Å². The van der Waals surface area contributed by atoms with Gasteiger partial charge in [-0.2, -0.15) is 0 Å². The van der Waals surface area contributed by atoms with Crippen LogP contribution in [0, 0.1) is 6.92 Å². The third-order valence-electron chi connectivity index (χ3n) is 3.19. The normalized spacial score (nSPS) is 11.1. The van der Waals surface area contributed by atoms with E-state index in [0.717, 1.165) is 23.5 Å². The number of rotatable bonds is 3. The number of pyridine rings is 1. The Morgan fingerprint density at radius 2 is 2.11 bits per heavy atom. The first-order chi connectivity index (χ1) is 9.28. The zero-order valence-electron chi connectivity index (χ0n) is 10.9. The molecular weight excluding hydrogens is 236 g/mol. The summed E-state index contributed by atoms with van der Waals surface area (Å²) in [4.78, 5) is 8.94. The van der Waals surface area contributed by atoms with Crippen LogP contribution in [0.25, 0.3) is 11.2 Å². The van der Waals surface area contributed by atoms with Crippen molar-refractivity contribution < 1.29 is 0 Å². The molecule has 0 aliphatic rings. The van der Waals surface area contributed by atoms with Crippen molar-refractivity contribution in [1.29, 1.82) is 0 Å². The van der Waals surface area contributed by atoms with E-state index in [2.05, 4.69) is 45.7 Å². The Morgan fingerprint density at radius 3 is 2.89 bits per heavy atom. The summed E-state index contributed by atoms with van der Waals surface area (Å²) in [6.45, 7) is 3.27. The van der Waals surface area contributed by atoms with Gasteiger partial charge in [0.2, 0.25) is 0 Å². The SMILES string of the molecule is Cc1cccc(Cn2c(CN)nc3cccnc32)c1. The summed E-state index contributed by atoms with van der Waals surface area (Å²) in [5, 5.41) is 0. The van der Waals surface area contributed by atoms with Crippen LogP contribution in [0.5, 0.6) is 0 Å². The van der Waals surface area contributed by atoms with Gasteiger partial charge in [0, 0.05) is 6.20 Å². The lowest BCUT2D eigenvalue weighted by atomic mass is 10.1. The number of nitrogens with two attached hydrogens (primary N) is 1. The van der Waals surface area contributed by atoms with Crippen LogP contribution in [0.15, 0.2) is 42.6 Å². The van der Waals surface area contributed by atoms with E-state index < -0.39 is 0 Å². The van der Waals surface area contributed by atoms with E-state index >= 15 is 0 Å². The molecule has 3 rings (SSSR count). The molecule has 3 aromatic rings. The van der Waals surface area contributed by atoms with Gasteiger partial charge in [0.1, 0.15) is 11.3 Å². The average Bonchev–Trinajstić information content (AvgIpc) is 2.77. The minimum absolute atomic E-state index is 0.419. The van der Waals surface area contributed by atoms with Crippen molar-refractivity contribution in [3.63, 3.8) is 0 Å². The van der Waals surface area contributed by atoms with Gasteiger partial charge in [-0.05, 0) is 24.6 Å². The fraction of sp³-hybridized carbons (Fsp3) is 0.200. The van der Waals surface area contributed by atoms with Gasteiger partial charge in [0.25, 0.3) is 0 Å². The van der Waals surface area contributed by atoms with Crippen LogP contribution in [0.4, 0.5) is 0 Å². The summed E-state index contributed by atoms with van der Waals surface area (Å²) < 4.78 is 2.09. The first kappa shape index (κ1) is 11.9. The minimum atomic E-state index is 0.419. The molecule has 1 aromatic carbocycles. The van der Waals surface area contributed by atoms with Crippen molar-refractivity contribution >= 4 is 11.2 Å². The second kappa shape index (κ2) is 4.82. The van der Waals surface area contributed by atoms with Crippen molar-refractivity contribution in [1.82, 2.24) is 14.5 Å². The maximum Gasteiger partial charge on any atom is 0.160 e. The molecule has 0 amide bonds. The van der Waals surface area contributed by atoms with Crippen LogP contribution < -0.4 is 5.73 Å². The summed E-state index contributed by atoms with van der Waals surface area (Å²) >= 11 is 0. The smallest absolute Gasteiger partial charge is 0.160 e. The van der Waals surface area contributed by atoms with Crippen molar-refractivity contribution in [3.8, 4) is 0 Å². The zero-order valence-corrected chi connectivity index (χ0v) is 10.9. The van der Waals surface area contributed by atoms with Gasteiger partial charge in [-0.15, -0.1) is 0 Å². The number of benzene rings is 1. The lowest BCUT2D eigenvalue weighted by Crippen LogP contribution is -2.10. The topological polar surface area (TPSA) is 56.7 Å². The van der Waals surface area contributed by atoms with E-state index in [1.54, 1.807) is 6.20 Å². The number of aromatic nitrogens is 3. The summed E-state index contributed by atoms with van der Waals surface area (Å²) in [6.07, 6.45) is 1.79. The molecule has 2 heterocycles. The molecule has 2 N–H and O–H groups in total. The third-order valence-corrected chi connectivity index (χ3v) is 3.19. The lowest BCUT2D eigenvalue weighted by Gasteiger charge is -2.08. The van der Waals surface area contributed by atoms with Gasteiger partial charge in [-0.25, -0.2) is 9.97 Å². The molecule has 96 valence electrons. The quantitative estimate of drug-likeness (QED) is 0.777. The van der Waals surface area contributed by atoms with E-state index in [0.29, 0.717) is 6.54 Å². The predicted molar refractivity (Wildman–Crippen MR) is 75.7 cm³/mol. The van der Waals surface area contributed by atoms with Crippen molar-refractivity contribution in [3.05, 3.63) is 59.5 Å². The molecule has 19 heavy (non-hydrogen) atoms. The fourth-order valence-corrected chi connectivity index (χ4v) is 2.32. The number of hydrogen-bond donors (Lipinski definition) is 1. The first-order valence-corrected chi connectivity index (χ1v) is 6.33. The molecule has 0 fully saturated rings. The van der Waals surface area contributed by atoms with E-state index in [9.17, 15) is 0 Å². The second-order valence-corrected chi connectivity index (χ2v) is 4.65. The Morgan fingerprint density at radius 1 is 1.21 bits per heavy atom. The van der Waals surface area contributed by atoms with Gasteiger partial charge >= 0.3 is 0 Å². The van der Waals surface area contributed by atoms with Gasteiger partial charge in [-0.1, -0.05) is 29.8 Å². The highest BCUT2D eigenvalue weighted by Crippen LogP contribution is 2.16. The highest BCUT2D eigenvalue weighted by Gasteiger charge is 2.10. The van der Waals surface area contributed by atoms with Gasteiger partial charge in [0.05, 0.1) is 13.1 Å². The molecule has 0 spiro atoms. The number of fused-ring (bicyclic) bond motifs is 1. The van der Waals surface area contributed by atoms with Gasteiger partial charge in [-0.3, -0.25) is 0 Å². The number of aryl methyl sites for hydroxylation is 1. The third kappa shape index (κ3) is 2.22. The standard InChI is InChI=1S/C15H16N4/c1-11-4-2-5-12(8-11)10-19-14(9-16)18-13-6-3-7-17-15(13)19/h2-8H,9-10,16H2,1H3. The molecule has 0 atom stereocenters. The molecule has 4 nitrogen and oxygen atoms in total. The van der Waals surface area contributed by atoms with Crippen LogP contribution in [-0.4, -0.2) is 14.5 Å². The molecule has 0 aliphatic heterocycles. The van der Waals surface area contributed by atoms with Gasteiger partial charge in [0.15, 0.2) is 5.65 Å². The number of hydrogen-bond acceptors (Lipinski definition) is 3. The summed E-state index contributed by atoms with van der Waals surface area (Å²) in [5.74, 6) is 0.871. The number of nitrogens with zero attached hydrogens (tertiary/aromatic N) is 3. The molecule has 0 unspecified atom stereocenters. The van der Waals surface area contributed by atoms with E-state index in [1.165, 1.54) is 11.1 Å². The van der Waals surface area contributed by atoms with Crippen LogP contribution in [0.2, 0.25) is 0 Å². The van der Waals surface area contributed by atoms with Crippen molar-refractivity contribution in [2.75, 3.05) is 0 Å². The second-order valence-electron chi connectivity index (χ2n) is 4.65. The molecule has 0 saturated heterocycles. The minimum Gasteiger partial charge on any atom is -0.324 e. The van der Waals surface area contributed by atoms with Crippen LogP contribution in [0.3, 0.4) is 0 Å². The van der Waals surface area contributed by atoms with E-state index in [1.807, 2.05) is 12.1 Å². The molecule has 0 bridgehead atoms. The molecule has 4 heteroatoms. The Kier molecular flexibility index (Phi) is 3.01. The van der Waals surface area contributed by atoms with Gasteiger partial charge < -0.3 is 10.3 Å². The Hall–Kier alpha value is -2.20. The zero-order chi connectivity index (χ0) is 13.2. The van der Waals surface area contributed by atoms with Crippen molar-refractivity contribution in [2.45, 2.75) is 20.0 Å². The highest BCUT2D eigenvalue weighted by atomic mass is 15.1. The highest BCUT2D eigenvalue weighted by molar-refractivity contribution is 5.71. The molecule has 0 radical (unpaired) electrons. The number of imidazole rings is 1. The molecule has 0 aliphatic carbocycles. The summed E-state index contributed by atoms with van der Waals surface area (Å²) in [5.41, 5.74) is 10.1. The summed E-state index contributed by atoms with van der Waals surface area (Å²) in [7, 11) is 0. The monoisotopic (exact) mass is 252 g/mol. The Bertz CT molecular complexity index is 715. The van der Waals surface area contributed by atoms with E-state index in [4.69, 9.17) is 5.73 Å². The van der Waals surface area contributed by atoms with Crippen LogP contribution in [-0.2, 0) is 13.1 Å². The van der Waals surface area contributed by atoms with Crippen LogP contribution in [0.1, 0.15) is 17.0 Å². The molecular formula is C15H16N4.